The van der Waals surface area contributed by atoms with Crippen LogP contribution in [0.1, 0.15) is 18.9 Å². The number of hydrogen-bond donors (Lipinski definition) is 1. The zero-order valence-corrected chi connectivity index (χ0v) is 16.0. The van der Waals surface area contributed by atoms with Crippen LogP contribution in [0.25, 0.3) is 10.9 Å². The van der Waals surface area contributed by atoms with Crippen LogP contribution in [0.15, 0.2) is 29.1 Å². The van der Waals surface area contributed by atoms with Crippen LogP contribution >= 0.6 is 0 Å². The molecule has 0 radical (unpaired) electrons. The van der Waals surface area contributed by atoms with Crippen molar-refractivity contribution in [3.05, 3.63) is 40.2 Å². The molecule has 1 saturated heterocycles. The Labute approximate surface area is 153 Å². The van der Waals surface area contributed by atoms with Crippen LogP contribution in [0.4, 0.5) is 0 Å². The monoisotopic (exact) mass is 379 g/mol. The number of ether oxygens (including phenoxy) is 1. The fourth-order valence-electron chi connectivity index (χ4n) is 3.26. The Kier molecular flexibility index (Phi) is 5.64. The van der Waals surface area contributed by atoms with Gasteiger partial charge in [0.25, 0.3) is 5.56 Å². The van der Waals surface area contributed by atoms with E-state index in [0.717, 1.165) is 10.9 Å². The zero-order chi connectivity index (χ0) is 18.7. The maximum absolute atomic E-state index is 12.4. The highest BCUT2D eigenvalue weighted by Crippen LogP contribution is 2.19. The van der Waals surface area contributed by atoms with Crippen molar-refractivity contribution in [1.82, 2.24) is 14.2 Å². The second-order valence-electron chi connectivity index (χ2n) is 6.57. The van der Waals surface area contributed by atoms with Gasteiger partial charge in [-0.25, -0.2) is 8.42 Å². The van der Waals surface area contributed by atoms with E-state index in [1.807, 2.05) is 25.1 Å². The Balaban J connectivity index is 1.70. The fraction of sp³-hybridized carbons (Fsp3) is 0.500. The molecule has 0 amide bonds. The number of nitrogens with one attached hydrogen (secondary N) is 1. The van der Waals surface area contributed by atoms with Crippen LogP contribution in [-0.2, 0) is 16.6 Å². The van der Waals surface area contributed by atoms with Crippen molar-refractivity contribution >= 4 is 20.9 Å². The molecule has 0 bridgehead atoms. The van der Waals surface area contributed by atoms with E-state index in [0.29, 0.717) is 50.5 Å². The molecule has 7 nitrogen and oxygen atoms in total. The number of aromatic amines is 1. The number of piperazine rings is 1. The van der Waals surface area contributed by atoms with Crippen molar-refractivity contribution in [2.24, 2.45) is 0 Å². The minimum absolute atomic E-state index is 0.119. The van der Waals surface area contributed by atoms with E-state index in [9.17, 15) is 13.2 Å². The predicted octanol–water partition coefficient (Wildman–Crippen LogP) is 1.39. The largest absolute Gasteiger partial charge is 0.497 e. The number of methoxy groups -OCH3 is 1. The molecule has 0 spiro atoms. The molecule has 1 fully saturated rings. The lowest BCUT2D eigenvalue weighted by molar-refractivity contribution is 0.181. The minimum Gasteiger partial charge on any atom is -0.497 e. The summed E-state index contributed by atoms with van der Waals surface area (Å²) in [6.07, 6.45) is 0.625. The van der Waals surface area contributed by atoms with Gasteiger partial charge in [0.05, 0.1) is 18.4 Å². The van der Waals surface area contributed by atoms with Gasteiger partial charge in [0, 0.05) is 44.4 Å². The zero-order valence-electron chi connectivity index (χ0n) is 15.2. The lowest BCUT2D eigenvalue weighted by atomic mass is 10.1. The summed E-state index contributed by atoms with van der Waals surface area (Å²) in [5, 5.41) is 0.949. The third-order valence-corrected chi connectivity index (χ3v) is 6.79. The highest BCUT2D eigenvalue weighted by Gasteiger charge is 2.26. The first kappa shape index (κ1) is 18.9. The smallest absolute Gasteiger partial charge is 0.252 e. The molecule has 2 heterocycles. The van der Waals surface area contributed by atoms with Crippen LogP contribution in [0, 0.1) is 0 Å². The van der Waals surface area contributed by atoms with Gasteiger partial charge in [-0.3, -0.25) is 9.69 Å². The van der Waals surface area contributed by atoms with Gasteiger partial charge in [-0.1, -0.05) is 6.92 Å². The van der Waals surface area contributed by atoms with Gasteiger partial charge < -0.3 is 9.72 Å². The number of nitrogens with zero attached hydrogens (tertiary/aromatic N) is 2. The van der Waals surface area contributed by atoms with E-state index >= 15 is 0 Å². The number of H-pyrrole nitrogens is 1. The molecule has 0 aliphatic carbocycles. The number of fused-ring (bicyclic) bond motifs is 1. The van der Waals surface area contributed by atoms with Crippen LogP contribution in [0.3, 0.4) is 0 Å². The number of benzene rings is 1. The standard InChI is InChI=1S/C18H25N3O4S/c1-3-10-26(23,24)21-8-6-20(7-9-21)13-15-11-14-4-5-16(25-2)12-17(14)19-18(15)22/h4-5,11-12H,3,6-10,13H2,1-2H3,(H,19,22). The van der Waals surface area contributed by atoms with Gasteiger partial charge >= 0.3 is 0 Å². The van der Waals surface area contributed by atoms with Gasteiger partial charge in [-0.05, 0) is 30.0 Å². The maximum Gasteiger partial charge on any atom is 0.252 e. The average molecular weight is 379 g/mol. The molecule has 0 atom stereocenters. The SMILES string of the molecule is CCCS(=O)(=O)N1CCN(Cc2cc3ccc(OC)cc3[nH]c2=O)CC1. The van der Waals surface area contributed by atoms with Crippen molar-refractivity contribution in [3.63, 3.8) is 0 Å². The molecular weight excluding hydrogens is 354 g/mol. The molecular formula is C18H25N3O4S. The van der Waals surface area contributed by atoms with Crippen molar-refractivity contribution < 1.29 is 13.2 Å². The molecule has 3 rings (SSSR count). The van der Waals surface area contributed by atoms with E-state index < -0.39 is 10.0 Å². The van der Waals surface area contributed by atoms with Crippen molar-refractivity contribution in [1.29, 1.82) is 0 Å². The molecule has 142 valence electrons. The normalized spacial score (nSPS) is 16.8. The molecule has 1 aromatic carbocycles. The van der Waals surface area contributed by atoms with Crippen molar-refractivity contribution in [2.75, 3.05) is 39.0 Å². The molecule has 2 aromatic rings. The van der Waals surface area contributed by atoms with Crippen LogP contribution in [0.2, 0.25) is 0 Å². The Bertz CT molecular complexity index is 931. The second kappa shape index (κ2) is 7.77. The summed E-state index contributed by atoms with van der Waals surface area (Å²) >= 11 is 0. The highest BCUT2D eigenvalue weighted by atomic mass is 32.2. The van der Waals surface area contributed by atoms with Gasteiger partial charge in [0.15, 0.2) is 0 Å². The Morgan fingerprint density at radius 1 is 1.15 bits per heavy atom. The Hall–Kier alpha value is -1.90. The summed E-state index contributed by atoms with van der Waals surface area (Å²) in [6.45, 7) is 4.59. The quantitative estimate of drug-likeness (QED) is 0.820. The van der Waals surface area contributed by atoms with E-state index in [2.05, 4.69) is 9.88 Å². The molecule has 0 unspecified atom stereocenters. The number of sulfonamides is 1. The summed E-state index contributed by atoms with van der Waals surface area (Å²) in [4.78, 5) is 17.4. The van der Waals surface area contributed by atoms with Crippen LogP contribution < -0.4 is 10.3 Å². The molecule has 1 aliphatic rings. The summed E-state index contributed by atoms with van der Waals surface area (Å²) in [5.74, 6) is 0.895. The van der Waals surface area contributed by atoms with Crippen LogP contribution in [0.5, 0.6) is 5.75 Å². The molecule has 1 N–H and O–H groups in total. The molecule has 1 aromatic heterocycles. The minimum atomic E-state index is -3.15. The summed E-state index contributed by atoms with van der Waals surface area (Å²) in [6, 6.07) is 7.48. The van der Waals surface area contributed by atoms with Gasteiger partial charge in [0.1, 0.15) is 5.75 Å². The predicted molar refractivity (Wildman–Crippen MR) is 102 cm³/mol. The Morgan fingerprint density at radius 2 is 1.88 bits per heavy atom. The molecule has 1 aliphatic heterocycles. The first-order chi connectivity index (χ1) is 12.4. The lowest BCUT2D eigenvalue weighted by Crippen LogP contribution is -2.49. The lowest BCUT2D eigenvalue weighted by Gasteiger charge is -2.33. The molecule has 8 heteroatoms. The van der Waals surface area contributed by atoms with Gasteiger partial charge in [-0.2, -0.15) is 4.31 Å². The summed E-state index contributed by atoms with van der Waals surface area (Å²) in [7, 11) is -1.56. The van der Waals surface area contributed by atoms with E-state index in [1.165, 1.54) is 0 Å². The van der Waals surface area contributed by atoms with E-state index in [1.54, 1.807) is 17.5 Å². The first-order valence-electron chi connectivity index (χ1n) is 8.83. The van der Waals surface area contributed by atoms with Gasteiger partial charge in [0.2, 0.25) is 10.0 Å². The Morgan fingerprint density at radius 3 is 2.54 bits per heavy atom. The molecule has 0 saturated carbocycles. The average Bonchev–Trinajstić information content (AvgIpc) is 2.62. The second-order valence-corrected chi connectivity index (χ2v) is 8.66. The highest BCUT2D eigenvalue weighted by molar-refractivity contribution is 7.89. The number of rotatable bonds is 6. The third-order valence-electron chi connectivity index (χ3n) is 4.71. The fourth-order valence-corrected chi connectivity index (χ4v) is 4.76. The topological polar surface area (TPSA) is 82.7 Å². The maximum atomic E-state index is 12.4. The summed E-state index contributed by atoms with van der Waals surface area (Å²) < 4.78 is 31.0. The number of pyridine rings is 1. The number of aromatic nitrogens is 1. The van der Waals surface area contributed by atoms with Crippen molar-refractivity contribution in [2.45, 2.75) is 19.9 Å². The van der Waals surface area contributed by atoms with E-state index in [-0.39, 0.29) is 11.3 Å². The van der Waals surface area contributed by atoms with Crippen LogP contribution in [-0.4, -0.2) is 61.6 Å². The van der Waals surface area contributed by atoms with Gasteiger partial charge in [-0.15, -0.1) is 0 Å². The first-order valence-corrected chi connectivity index (χ1v) is 10.4. The summed E-state index contributed by atoms with van der Waals surface area (Å²) in [5.41, 5.74) is 1.31. The molecule has 26 heavy (non-hydrogen) atoms. The van der Waals surface area contributed by atoms with Crippen molar-refractivity contribution in [3.8, 4) is 5.75 Å². The number of hydrogen-bond acceptors (Lipinski definition) is 5. The van der Waals surface area contributed by atoms with E-state index in [4.69, 9.17) is 4.74 Å². The third kappa shape index (κ3) is 4.08.